The first-order valence-electron chi connectivity index (χ1n) is 7.10. The van der Waals surface area contributed by atoms with Crippen LogP contribution in [0, 0.1) is 0 Å². The van der Waals surface area contributed by atoms with Crippen molar-refractivity contribution in [2.24, 2.45) is 7.05 Å². The topological polar surface area (TPSA) is 54.3 Å². The van der Waals surface area contributed by atoms with E-state index >= 15 is 0 Å². The fourth-order valence-corrected chi connectivity index (χ4v) is 3.64. The third-order valence-corrected chi connectivity index (χ3v) is 4.87. The van der Waals surface area contributed by atoms with E-state index in [0.29, 0.717) is 13.1 Å². The minimum atomic E-state index is 0.0820. The molecular weight excluding hydrogens is 298 g/mol. The van der Waals surface area contributed by atoms with Crippen molar-refractivity contribution in [1.29, 1.82) is 0 Å². The van der Waals surface area contributed by atoms with Gasteiger partial charge in [-0.3, -0.25) is 9.48 Å². The first kappa shape index (κ1) is 13.3. The molecule has 2 aromatic heterocycles. The molecule has 0 atom stereocenters. The molecule has 0 aliphatic carbocycles. The Hall–Kier alpha value is -2.41. The Morgan fingerprint density at radius 2 is 2.09 bits per heavy atom. The van der Waals surface area contributed by atoms with E-state index in [1.54, 1.807) is 27.1 Å². The highest BCUT2D eigenvalue weighted by Crippen LogP contribution is 2.29. The summed E-state index contributed by atoms with van der Waals surface area (Å²) < 4.78 is 2.86. The van der Waals surface area contributed by atoms with E-state index in [2.05, 4.69) is 21.0 Å². The Balaban J connectivity index is 1.56. The number of carbonyl (C=O) groups excluding carboxylic acids is 1. The number of anilines is 2. The van der Waals surface area contributed by atoms with Crippen molar-refractivity contribution in [2.75, 3.05) is 29.4 Å². The minimum Gasteiger partial charge on any atom is -0.337 e. The fraction of sp³-hybridized carbons (Fsp3) is 0.267. The van der Waals surface area contributed by atoms with Gasteiger partial charge in [0, 0.05) is 26.3 Å². The van der Waals surface area contributed by atoms with Crippen molar-refractivity contribution in [2.45, 2.75) is 0 Å². The van der Waals surface area contributed by atoms with Gasteiger partial charge in [-0.15, -0.1) is 0 Å². The quantitative estimate of drug-likeness (QED) is 0.725. The number of aromatic nitrogens is 3. The highest BCUT2D eigenvalue weighted by molar-refractivity contribution is 7.22. The molecule has 4 rings (SSSR count). The third kappa shape index (κ3) is 2.23. The number of para-hydroxylation sites is 1. The first-order valence-corrected chi connectivity index (χ1v) is 7.92. The van der Waals surface area contributed by atoms with Crippen molar-refractivity contribution >= 4 is 38.3 Å². The van der Waals surface area contributed by atoms with Gasteiger partial charge in [0.15, 0.2) is 5.13 Å². The zero-order valence-corrected chi connectivity index (χ0v) is 13.0. The Labute approximate surface area is 131 Å². The van der Waals surface area contributed by atoms with Gasteiger partial charge in [-0.2, -0.15) is 5.10 Å². The number of fused-ring (bicyclic) bond motifs is 1. The van der Waals surface area contributed by atoms with Gasteiger partial charge < -0.3 is 9.80 Å². The van der Waals surface area contributed by atoms with Crippen LogP contribution in [0.15, 0.2) is 36.7 Å². The number of amides is 1. The normalized spacial score (nSPS) is 15.8. The van der Waals surface area contributed by atoms with Crippen molar-refractivity contribution in [3.63, 3.8) is 0 Å². The van der Waals surface area contributed by atoms with Gasteiger partial charge in [0.2, 0.25) is 5.91 Å². The molecule has 1 aliphatic rings. The monoisotopic (exact) mass is 313 g/mol. The van der Waals surface area contributed by atoms with Crippen LogP contribution in [0.25, 0.3) is 10.2 Å². The van der Waals surface area contributed by atoms with Crippen LogP contribution in [-0.4, -0.2) is 40.3 Å². The Morgan fingerprint density at radius 1 is 1.23 bits per heavy atom. The molecule has 112 valence electrons. The molecule has 0 N–H and O–H groups in total. The van der Waals surface area contributed by atoms with Crippen LogP contribution < -0.4 is 9.80 Å². The average Bonchev–Trinajstić information content (AvgIpc) is 3.13. The van der Waals surface area contributed by atoms with Crippen LogP contribution in [0.2, 0.25) is 0 Å². The molecule has 0 bridgehead atoms. The summed E-state index contributed by atoms with van der Waals surface area (Å²) in [5, 5.41) is 5.05. The Bertz CT molecular complexity index is 806. The Kier molecular flexibility index (Phi) is 3.07. The molecule has 0 unspecified atom stereocenters. The standard InChI is InChI=1S/C15H15N5OS/c1-18-9-11(8-16-18)20-7-6-19(10-14(20)21)15-17-12-4-2-3-5-13(12)22-15/h2-5,8-9H,6-7,10H2,1H3. The number of thiazole rings is 1. The van der Waals surface area contributed by atoms with Crippen LogP contribution >= 0.6 is 11.3 Å². The lowest BCUT2D eigenvalue weighted by molar-refractivity contribution is -0.117. The molecule has 3 aromatic rings. The van der Waals surface area contributed by atoms with Gasteiger partial charge in [0.25, 0.3) is 0 Å². The number of carbonyl (C=O) groups is 1. The second-order valence-electron chi connectivity index (χ2n) is 5.30. The number of aryl methyl sites for hydroxylation is 1. The van der Waals surface area contributed by atoms with Gasteiger partial charge in [-0.25, -0.2) is 4.98 Å². The van der Waals surface area contributed by atoms with Crippen molar-refractivity contribution in [3.8, 4) is 0 Å². The lowest BCUT2D eigenvalue weighted by atomic mass is 10.3. The van der Waals surface area contributed by atoms with Gasteiger partial charge in [-0.05, 0) is 12.1 Å². The van der Waals surface area contributed by atoms with E-state index in [1.807, 2.05) is 31.4 Å². The second kappa shape index (κ2) is 5.10. The molecular formula is C15H15N5OS. The molecule has 1 saturated heterocycles. The summed E-state index contributed by atoms with van der Waals surface area (Å²) in [6, 6.07) is 8.06. The predicted molar refractivity (Wildman–Crippen MR) is 87.4 cm³/mol. The Morgan fingerprint density at radius 3 is 2.82 bits per heavy atom. The number of hydrogen-bond acceptors (Lipinski definition) is 5. The highest BCUT2D eigenvalue weighted by Gasteiger charge is 2.27. The van der Waals surface area contributed by atoms with E-state index in [9.17, 15) is 4.79 Å². The lowest BCUT2D eigenvalue weighted by Gasteiger charge is -2.33. The molecule has 0 saturated carbocycles. The number of benzene rings is 1. The molecule has 1 aromatic carbocycles. The maximum atomic E-state index is 12.4. The van der Waals surface area contributed by atoms with Crippen LogP contribution in [0.3, 0.4) is 0 Å². The van der Waals surface area contributed by atoms with E-state index < -0.39 is 0 Å². The van der Waals surface area contributed by atoms with Crippen LogP contribution in [0.1, 0.15) is 0 Å². The summed E-state index contributed by atoms with van der Waals surface area (Å²) in [5.74, 6) is 0.0820. The van der Waals surface area contributed by atoms with E-state index in [-0.39, 0.29) is 5.91 Å². The molecule has 0 radical (unpaired) electrons. The zero-order chi connectivity index (χ0) is 15.1. The SMILES string of the molecule is Cn1cc(N2CCN(c3nc4ccccc4s3)CC2=O)cn1. The summed E-state index contributed by atoms with van der Waals surface area (Å²) in [5.41, 5.74) is 1.85. The molecule has 1 amide bonds. The number of rotatable bonds is 2. The zero-order valence-electron chi connectivity index (χ0n) is 12.1. The molecule has 1 fully saturated rings. The first-order chi connectivity index (χ1) is 10.7. The largest absolute Gasteiger partial charge is 0.337 e. The summed E-state index contributed by atoms with van der Waals surface area (Å²) in [6.45, 7) is 1.79. The maximum absolute atomic E-state index is 12.4. The number of nitrogens with zero attached hydrogens (tertiary/aromatic N) is 5. The number of hydrogen-bond donors (Lipinski definition) is 0. The molecule has 22 heavy (non-hydrogen) atoms. The maximum Gasteiger partial charge on any atom is 0.246 e. The fourth-order valence-electron chi connectivity index (χ4n) is 2.65. The molecule has 6 nitrogen and oxygen atoms in total. The predicted octanol–water partition coefficient (Wildman–Crippen LogP) is 1.88. The second-order valence-corrected chi connectivity index (χ2v) is 6.31. The van der Waals surface area contributed by atoms with Crippen LogP contribution in [0.4, 0.5) is 10.8 Å². The highest BCUT2D eigenvalue weighted by atomic mass is 32.1. The van der Waals surface area contributed by atoms with Crippen molar-refractivity contribution in [1.82, 2.24) is 14.8 Å². The number of piperazine rings is 1. The molecule has 3 heterocycles. The van der Waals surface area contributed by atoms with Crippen molar-refractivity contribution in [3.05, 3.63) is 36.7 Å². The molecule has 7 heteroatoms. The lowest BCUT2D eigenvalue weighted by Crippen LogP contribution is -2.50. The third-order valence-electron chi connectivity index (χ3n) is 3.78. The van der Waals surface area contributed by atoms with Crippen LogP contribution in [-0.2, 0) is 11.8 Å². The molecule has 0 spiro atoms. The summed E-state index contributed by atoms with van der Waals surface area (Å²) >= 11 is 1.63. The van der Waals surface area contributed by atoms with Crippen molar-refractivity contribution < 1.29 is 4.79 Å². The van der Waals surface area contributed by atoms with Gasteiger partial charge in [-0.1, -0.05) is 23.5 Å². The summed E-state index contributed by atoms with van der Waals surface area (Å²) in [7, 11) is 1.85. The van der Waals surface area contributed by atoms with E-state index in [4.69, 9.17) is 0 Å². The average molecular weight is 313 g/mol. The summed E-state index contributed by atoms with van der Waals surface area (Å²) in [6.07, 6.45) is 3.59. The summed E-state index contributed by atoms with van der Waals surface area (Å²) in [4.78, 5) is 20.9. The van der Waals surface area contributed by atoms with Crippen LogP contribution in [0.5, 0.6) is 0 Å². The van der Waals surface area contributed by atoms with Gasteiger partial charge in [0.05, 0.1) is 28.6 Å². The van der Waals surface area contributed by atoms with Gasteiger partial charge in [0.1, 0.15) is 0 Å². The minimum absolute atomic E-state index is 0.0820. The molecule has 1 aliphatic heterocycles. The van der Waals surface area contributed by atoms with E-state index in [1.165, 1.54) is 0 Å². The smallest absolute Gasteiger partial charge is 0.246 e. The van der Waals surface area contributed by atoms with E-state index in [0.717, 1.165) is 27.6 Å². The van der Waals surface area contributed by atoms with Gasteiger partial charge >= 0.3 is 0 Å².